The van der Waals surface area contributed by atoms with Crippen molar-refractivity contribution >= 4 is 28.4 Å². The van der Waals surface area contributed by atoms with Gasteiger partial charge in [-0.05, 0) is 31.2 Å². The Hall–Kier alpha value is -1.85. The van der Waals surface area contributed by atoms with Crippen LogP contribution in [0.1, 0.15) is 6.92 Å². The van der Waals surface area contributed by atoms with Gasteiger partial charge in [0.25, 0.3) is 5.91 Å². The number of nitrogens with zero attached hydrogens (tertiary/aromatic N) is 2. The van der Waals surface area contributed by atoms with Crippen LogP contribution in [-0.4, -0.2) is 48.1 Å². The molecule has 1 amide bonds. The molecule has 3 rings (SSSR count). The average molecular weight is 320 g/mol. The number of pyridine rings is 1. The van der Waals surface area contributed by atoms with Crippen LogP contribution in [0.5, 0.6) is 5.75 Å². The number of rotatable bonds is 3. The van der Waals surface area contributed by atoms with Crippen molar-refractivity contribution in [3.8, 4) is 5.75 Å². The molecule has 1 aromatic carbocycles. The fraction of sp³-hybridized carbons (Fsp3) is 0.375. The molecular weight excluding hydrogens is 302 g/mol. The molecule has 0 bridgehead atoms. The van der Waals surface area contributed by atoms with E-state index in [0.29, 0.717) is 35.4 Å². The number of amides is 1. The highest BCUT2D eigenvalue weighted by Gasteiger charge is 2.21. The summed E-state index contributed by atoms with van der Waals surface area (Å²) in [6.07, 6.45) is 1.69. The summed E-state index contributed by atoms with van der Waals surface area (Å²) >= 11 is 6.15. The van der Waals surface area contributed by atoms with Gasteiger partial charge in [-0.25, -0.2) is 0 Å². The molecule has 1 aliphatic rings. The minimum Gasteiger partial charge on any atom is -0.481 e. The number of hydrogen-bond acceptors (Lipinski definition) is 4. The minimum atomic E-state index is -0.00705. The lowest BCUT2D eigenvalue weighted by molar-refractivity contribution is -0.134. The van der Waals surface area contributed by atoms with Crippen molar-refractivity contribution in [1.82, 2.24) is 15.2 Å². The van der Waals surface area contributed by atoms with Crippen LogP contribution in [0.2, 0.25) is 5.02 Å². The zero-order valence-corrected chi connectivity index (χ0v) is 13.1. The fourth-order valence-corrected chi connectivity index (χ4v) is 2.83. The van der Waals surface area contributed by atoms with Crippen molar-refractivity contribution in [1.29, 1.82) is 0 Å². The fourth-order valence-electron chi connectivity index (χ4n) is 2.62. The van der Waals surface area contributed by atoms with Crippen LogP contribution < -0.4 is 10.1 Å². The Labute approximate surface area is 134 Å². The van der Waals surface area contributed by atoms with E-state index in [4.69, 9.17) is 16.3 Å². The number of carbonyl (C=O) groups excluding carboxylic acids is 1. The molecule has 1 aliphatic heterocycles. The molecule has 0 unspecified atom stereocenters. The number of aromatic nitrogens is 1. The average Bonchev–Trinajstić information content (AvgIpc) is 2.54. The van der Waals surface area contributed by atoms with E-state index in [1.54, 1.807) is 18.3 Å². The number of piperazine rings is 1. The van der Waals surface area contributed by atoms with E-state index in [2.05, 4.69) is 17.2 Å². The van der Waals surface area contributed by atoms with Crippen LogP contribution >= 0.6 is 11.6 Å². The van der Waals surface area contributed by atoms with Crippen molar-refractivity contribution in [3.63, 3.8) is 0 Å². The maximum atomic E-state index is 12.2. The molecule has 0 saturated carbocycles. The molecule has 1 saturated heterocycles. The zero-order chi connectivity index (χ0) is 15.5. The third-order valence-corrected chi connectivity index (χ3v) is 4.08. The van der Waals surface area contributed by atoms with E-state index in [1.165, 1.54) is 0 Å². The molecule has 2 heterocycles. The lowest BCUT2D eigenvalue weighted by Crippen LogP contribution is -2.52. The maximum Gasteiger partial charge on any atom is 0.260 e. The molecule has 6 heteroatoms. The second-order valence-electron chi connectivity index (χ2n) is 5.43. The number of ether oxygens (including phenoxy) is 1. The first-order chi connectivity index (χ1) is 10.6. The summed E-state index contributed by atoms with van der Waals surface area (Å²) in [7, 11) is 0. The molecule has 1 aromatic heterocycles. The smallest absolute Gasteiger partial charge is 0.260 e. The summed E-state index contributed by atoms with van der Waals surface area (Å²) in [5.74, 6) is 0.573. The Kier molecular flexibility index (Phi) is 4.45. The number of halogens is 1. The van der Waals surface area contributed by atoms with Gasteiger partial charge in [-0.1, -0.05) is 11.6 Å². The first kappa shape index (κ1) is 15.1. The lowest BCUT2D eigenvalue weighted by atomic mass is 10.2. The highest BCUT2D eigenvalue weighted by Crippen LogP contribution is 2.29. The molecule has 2 aromatic rings. The van der Waals surface area contributed by atoms with E-state index in [0.717, 1.165) is 11.9 Å². The van der Waals surface area contributed by atoms with Gasteiger partial charge in [-0.15, -0.1) is 0 Å². The highest BCUT2D eigenvalue weighted by atomic mass is 35.5. The Morgan fingerprint density at radius 3 is 3.18 bits per heavy atom. The summed E-state index contributed by atoms with van der Waals surface area (Å²) in [5.41, 5.74) is 0.677. The van der Waals surface area contributed by atoms with Crippen LogP contribution in [0, 0.1) is 0 Å². The van der Waals surface area contributed by atoms with Gasteiger partial charge in [0.2, 0.25) is 0 Å². The Balaban J connectivity index is 1.71. The normalized spacial score (nSPS) is 18.5. The molecule has 0 aliphatic carbocycles. The van der Waals surface area contributed by atoms with E-state index in [1.807, 2.05) is 17.0 Å². The van der Waals surface area contributed by atoms with Crippen LogP contribution in [0.15, 0.2) is 30.5 Å². The van der Waals surface area contributed by atoms with E-state index in [9.17, 15) is 4.79 Å². The summed E-state index contributed by atoms with van der Waals surface area (Å²) in [6.45, 7) is 4.32. The molecule has 1 N–H and O–H groups in total. The van der Waals surface area contributed by atoms with Crippen molar-refractivity contribution in [2.45, 2.75) is 13.0 Å². The molecule has 1 atom stereocenters. The topological polar surface area (TPSA) is 54.5 Å². The third kappa shape index (κ3) is 3.15. The van der Waals surface area contributed by atoms with Gasteiger partial charge in [0, 0.05) is 37.3 Å². The van der Waals surface area contributed by atoms with Gasteiger partial charge >= 0.3 is 0 Å². The number of hydrogen-bond donors (Lipinski definition) is 1. The van der Waals surface area contributed by atoms with Crippen molar-refractivity contribution in [2.24, 2.45) is 0 Å². The largest absolute Gasteiger partial charge is 0.481 e. The van der Waals surface area contributed by atoms with Crippen molar-refractivity contribution < 1.29 is 9.53 Å². The number of carbonyl (C=O) groups is 1. The van der Waals surface area contributed by atoms with Crippen molar-refractivity contribution in [2.75, 3.05) is 26.2 Å². The predicted molar refractivity (Wildman–Crippen MR) is 86.3 cm³/mol. The monoisotopic (exact) mass is 319 g/mol. The number of benzene rings is 1. The lowest BCUT2D eigenvalue weighted by Gasteiger charge is -2.31. The van der Waals surface area contributed by atoms with Gasteiger partial charge in [0.05, 0.1) is 5.02 Å². The summed E-state index contributed by atoms with van der Waals surface area (Å²) < 4.78 is 5.69. The Bertz CT molecular complexity index is 692. The molecule has 22 heavy (non-hydrogen) atoms. The van der Waals surface area contributed by atoms with Crippen LogP contribution in [0.3, 0.4) is 0 Å². The highest BCUT2D eigenvalue weighted by molar-refractivity contribution is 6.35. The van der Waals surface area contributed by atoms with Crippen LogP contribution in [0.4, 0.5) is 0 Å². The SMILES string of the molecule is C[C@H]1CN(C(=O)COc2ccc(Cl)c3cccnc23)CCN1. The Morgan fingerprint density at radius 2 is 2.36 bits per heavy atom. The van der Waals surface area contributed by atoms with Gasteiger partial charge in [-0.3, -0.25) is 9.78 Å². The van der Waals surface area contributed by atoms with Gasteiger partial charge in [0.15, 0.2) is 6.61 Å². The van der Waals surface area contributed by atoms with E-state index in [-0.39, 0.29) is 12.5 Å². The molecule has 0 spiro atoms. The summed E-state index contributed by atoms with van der Waals surface area (Å²) in [4.78, 5) is 18.4. The first-order valence-corrected chi connectivity index (χ1v) is 7.70. The van der Waals surface area contributed by atoms with Gasteiger partial charge < -0.3 is 15.0 Å². The zero-order valence-electron chi connectivity index (χ0n) is 12.4. The quantitative estimate of drug-likeness (QED) is 0.941. The molecule has 0 radical (unpaired) electrons. The number of nitrogens with one attached hydrogen (secondary N) is 1. The van der Waals surface area contributed by atoms with Gasteiger partial charge in [0.1, 0.15) is 11.3 Å². The molecular formula is C16H18ClN3O2. The molecule has 116 valence electrons. The predicted octanol–water partition coefficient (Wildman–Crippen LogP) is 2.09. The number of fused-ring (bicyclic) bond motifs is 1. The minimum absolute atomic E-state index is 0.00705. The first-order valence-electron chi connectivity index (χ1n) is 7.32. The van der Waals surface area contributed by atoms with E-state index >= 15 is 0 Å². The van der Waals surface area contributed by atoms with Gasteiger partial charge in [-0.2, -0.15) is 0 Å². The molecule has 1 fully saturated rings. The second-order valence-corrected chi connectivity index (χ2v) is 5.84. The molecule has 5 nitrogen and oxygen atoms in total. The third-order valence-electron chi connectivity index (χ3n) is 3.75. The van der Waals surface area contributed by atoms with Crippen LogP contribution in [0.25, 0.3) is 10.9 Å². The van der Waals surface area contributed by atoms with Crippen molar-refractivity contribution in [3.05, 3.63) is 35.5 Å². The summed E-state index contributed by atoms with van der Waals surface area (Å²) in [5, 5.41) is 4.76. The van der Waals surface area contributed by atoms with Crippen LogP contribution in [-0.2, 0) is 4.79 Å². The maximum absolute atomic E-state index is 12.2. The second kappa shape index (κ2) is 6.50. The van der Waals surface area contributed by atoms with E-state index < -0.39 is 0 Å². The Morgan fingerprint density at radius 1 is 1.50 bits per heavy atom. The summed E-state index contributed by atoms with van der Waals surface area (Å²) in [6, 6.07) is 7.54. The standard InChI is InChI=1S/C16H18ClN3O2/c1-11-9-20(8-7-18-11)15(21)10-22-14-5-4-13(17)12-3-2-6-19-16(12)14/h2-6,11,18H,7-10H2,1H3/t11-/m0/s1.